The van der Waals surface area contributed by atoms with Gasteiger partial charge >= 0.3 is 5.97 Å². The molecule has 0 N–H and O–H groups in total. The topological polar surface area (TPSA) is 74.5 Å². The molecule has 0 atom stereocenters. The second-order valence-electron chi connectivity index (χ2n) is 4.56. The number of esters is 1. The van der Waals surface area contributed by atoms with Gasteiger partial charge in [-0.05, 0) is 30.7 Å². The summed E-state index contributed by atoms with van der Waals surface area (Å²) in [6.45, 7) is 2.00. The predicted octanol–water partition coefficient (Wildman–Crippen LogP) is 3.66. The number of rotatable bonds is 6. The third-order valence-corrected chi connectivity index (χ3v) is 4.14. The summed E-state index contributed by atoms with van der Waals surface area (Å²) >= 11 is 0. The van der Waals surface area contributed by atoms with Crippen molar-refractivity contribution in [3.05, 3.63) is 71.0 Å². The fraction of sp³-hybridized carbons (Fsp3) is 0.118. The second-order valence-corrected chi connectivity index (χ2v) is 6.16. The molecule has 0 saturated heterocycles. The van der Waals surface area contributed by atoms with Gasteiger partial charge in [0.25, 0.3) is 0 Å². The molecule has 0 aromatic heterocycles. The van der Waals surface area contributed by atoms with E-state index in [9.17, 15) is 13.2 Å². The zero-order chi connectivity index (χ0) is 16.7. The Labute approximate surface area is 135 Å². The molecule has 2 aromatic rings. The number of ether oxygens (including phenoxy) is 1. The Kier molecular flexibility index (Phi) is 5.54. The minimum atomic E-state index is -3.81. The van der Waals surface area contributed by atoms with E-state index >= 15 is 0 Å². The molecule has 0 fully saturated rings. The summed E-state index contributed by atoms with van der Waals surface area (Å²) in [6, 6.07) is 14.6. The van der Waals surface area contributed by atoms with Crippen LogP contribution in [-0.2, 0) is 19.6 Å². The summed E-state index contributed by atoms with van der Waals surface area (Å²) in [5.41, 5.74) is 0.933. The molecule has 0 heterocycles. The zero-order valence-electron chi connectivity index (χ0n) is 12.5. The van der Waals surface area contributed by atoms with E-state index in [4.69, 9.17) is 4.74 Å². The molecular formula is C17H16NO4S-. The summed E-state index contributed by atoms with van der Waals surface area (Å²) in [7, 11) is -3.81. The number of hydrogen-bond donors (Lipinski definition) is 0. The predicted molar refractivity (Wildman–Crippen MR) is 88.8 cm³/mol. The number of hydrogen-bond acceptors (Lipinski definition) is 4. The van der Waals surface area contributed by atoms with Crippen LogP contribution in [0.4, 0.5) is 5.69 Å². The minimum absolute atomic E-state index is 0.0624. The first kappa shape index (κ1) is 16.8. The molecule has 2 aromatic carbocycles. The van der Waals surface area contributed by atoms with Gasteiger partial charge < -0.3 is 9.46 Å². The van der Waals surface area contributed by atoms with E-state index in [1.54, 1.807) is 49.4 Å². The highest BCUT2D eigenvalue weighted by atomic mass is 32.2. The number of nitrogens with zero attached hydrogens (tertiary/aromatic N) is 1. The van der Waals surface area contributed by atoms with Gasteiger partial charge in [-0.1, -0.05) is 42.5 Å². The van der Waals surface area contributed by atoms with E-state index in [1.807, 2.05) is 0 Å². The largest absolute Gasteiger partial charge is 0.573 e. The van der Waals surface area contributed by atoms with E-state index < -0.39 is 16.0 Å². The second kappa shape index (κ2) is 7.60. The van der Waals surface area contributed by atoms with E-state index in [0.717, 1.165) is 0 Å². The van der Waals surface area contributed by atoms with Crippen LogP contribution in [0.1, 0.15) is 12.5 Å². The Morgan fingerprint density at radius 3 is 2.57 bits per heavy atom. The van der Waals surface area contributed by atoms with Crippen LogP contribution in [0, 0.1) is 0 Å². The van der Waals surface area contributed by atoms with Crippen molar-refractivity contribution < 1.29 is 17.9 Å². The van der Waals surface area contributed by atoms with Crippen molar-refractivity contribution in [3.63, 3.8) is 0 Å². The van der Waals surface area contributed by atoms with Crippen molar-refractivity contribution in [2.75, 3.05) is 6.61 Å². The molecule has 0 unspecified atom stereocenters. The van der Waals surface area contributed by atoms with Gasteiger partial charge in [-0.3, -0.25) is 0 Å². The highest BCUT2D eigenvalue weighted by Gasteiger charge is 2.05. The summed E-state index contributed by atoms with van der Waals surface area (Å²) in [5.74, 6) is -0.477. The van der Waals surface area contributed by atoms with Crippen molar-refractivity contribution in [1.29, 1.82) is 0 Å². The van der Waals surface area contributed by atoms with Crippen molar-refractivity contribution in [1.82, 2.24) is 0 Å². The lowest BCUT2D eigenvalue weighted by Gasteiger charge is -2.21. The Morgan fingerprint density at radius 1 is 1.13 bits per heavy atom. The van der Waals surface area contributed by atoms with Crippen LogP contribution in [0.25, 0.3) is 10.8 Å². The molecule has 0 aliphatic heterocycles. The summed E-state index contributed by atoms with van der Waals surface area (Å²) < 4.78 is 33.2. The Balaban J connectivity index is 2.20. The van der Waals surface area contributed by atoms with Gasteiger partial charge in [0, 0.05) is 6.08 Å². The van der Waals surface area contributed by atoms with Gasteiger partial charge in [0.2, 0.25) is 0 Å². The van der Waals surface area contributed by atoms with E-state index in [-0.39, 0.29) is 11.5 Å². The highest BCUT2D eigenvalue weighted by molar-refractivity contribution is 7.94. The van der Waals surface area contributed by atoms with E-state index in [0.29, 0.717) is 11.3 Å². The maximum absolute atomic E-state index is 12.3. The van der Waals surface area contributed by atoms with Gasteiger partial charge in [-0.2, -0.15) is 0 Å². The Morgan fingerprint density at radius 2 is 1.87 bits per heavy atom. The molecule has 0 bridgehead atoms. The van der Waals surface area contributed by atoms with Crippen LogP contribution < -0.4 is 0 Å². The van der Waals surface area contributed by atoms with Crippen LogP contribution >= 0.6 is 0 Å². The van der Waals surface area contributed by atoms with E-state index in [1.165, 1.54) is 24.3 Å². The molecule has 120 valence electrons. The van der Waals surface area contributed by atoms with Crippen LogP contribution in [0.5, 0.6) is 0 Å². The molecule has 0 amide bonds. The first-order valence-corrected chi connectivity index (χ1v) is 8.43. The molecule has 0 aliphatic carbocycles. The number of carbonyl (C=O) groups excluding carboxylic acids is 1. The molecule has 0 aliphatic rings. The SMILES string of the molecule is CCOC(=O)/C=C/c1cccc(S(=O)(=O)[N-]c2ccccc2)c1. The van der Waals surface area contributed by atoms with Crippen LogP contribution in [0.15, 0.2) is 65.6 Å². The molecule has 23 heavy (non-hydrogen) atoms. The standard InChI is InChI=1S/C17H16NO4S/c1-2-22-17(19)12-11-14-7-6-10-16(13-14)23(20,21)18-15-8-4-3-5-9-15/h3-13H,2H2,1H3/q-1/b12-11+. The molecular weight excluding hydrogens is 314 g/mol. The summed E-state index contributed by atoms with van der Waals surface area (Å²) in [6.07, 6.45) is 2.75. The first-order valence-electron chi connectivity index (χ1n) is 6.99. The number of benzene rings is 2. The fourth-order valence-corrected chi connectivity index (χ4v) is 2.85. The third-order valence-electron chi connectivity index (χ3n) is 2.84. The molecule has 0 radical (unpaired) electrons. The molecule has 0 saturated carbocycles. The van der Waals surface area contributed by atoms with Crippen molar-refractivity contribution in [3.8, 4) is 0 Å². The van der Waals surface area contributed by atoms with E-state index in [2.05, 4.69) is 4.72 Å². The summed E-state index contributed by atoms with van der Waals surface area (Å²) in [5, 5.41) is 0. The lowest BCUT2D eigenvalue weighted by molar-refractivity contribution is -0.137. The van der Waals surface area contributed by atoms with Gasteiger partial charge in [-0.25, -0.2) is 13.2 Å². The smallest absolute Gasteiger partial charge is 0.330 e. The number of carbonyl (C=O) groups is 1. The van der Waals surface area contributed by atoms with Crippen LogP contribution in [-0.4, -0.2) is 21.0 Å². The molecule has 5 nitrogen and oxygen atoms in total. The van der Waals surface area contributed by atoms with Crippen LogP contribution in [0.3, 0.4) is 0 Å². The maximum Gasteiger partial charge on any atom is 0.330 e. The monoisotopic (exact) mass is 330 g/mol. The normalized spacial score (nSPS) is 11.3. The Hall–Kier alpha value is -2.60. The minimum Gasteiger partial charge on any atom is -0.573 e. The van der Waals surface area contributed by atoms with Crippen LogP contribution in [0.2, 0.25) is 0 Å². The van der Waals surface area contributed by atoms with Crippen molar-refractivity contribution in [2.45, 2.75) is 11.8 Å². The molecule has 2 rings (SSSR count). The zero-order valence-corrected chi connectivity index (χ0v) is 13.4. The van der Waals surface area contributed by atoms with Gasteiger partial charge in [0.05, 0.1) is 11.5 Å². The van der Waals surface area contributed by atoms with Crippen molar-refractivity contribution in [2.24, 2.45) is 0 Å². The first-order chi connectivity index (χ1) is 11.0. The molecule has 0 spiro atoms. The lowest BCUT2D eigenvalue weighted by atomic mass is 10.2. The fourth-order valence-electron chi connectivity index (χ4n) is 1.81. The lowest BCUT2D eigenvalue weighted by Crippen LogP contribution is -1.99. The summed E-state index contributed by atoms with van der Waals surface area (Å²) in [4.78, 5) is 11.4. The van der Waals surface area contributed by atoms with Gasteiger partial charge in [0.15, 0.2) is 0 Å². The Bertz CT molecular complexity index is 798. The van der Waals surface area contributed by atoms with Gasteiger partial charge in [0.1, 0.15) is 10.0 Å². The quantitative estimate of drug-likeness (QED) is 0.598. The average Bonchev–Trinajstić information content (AvgIpc) is 2.54. The average molecular weight is 330 g/mol. The maximum atomic E-state index is 12.3. The highest BCUT2D eigenvalue weighted by Crippen LogP contribution is 2.27. The number of sulfonamides is 1. The third kappa shape index (κ3) is 4.96. The van der Waals surface area contributed by atoms with Crippen molar-refractivity contribution >= 4 is 27.8 Å². The molecule has 6 heteroatoms. The van der Waals surface area contributed by atoms with Gasteiger partial charge in [-0.15, -0.1) is 5.69 Å².